The molecule has 0 saturated heterocycles. The molecule has 0 aliphatic carbocycles. The molecule has 0 spiro atoms. The summed E-state index contributed by atoms with van der Waals surface area (Å²) in [5.41, 5.74) is 0.936. The minimum Gasteiger partial charge on any atom is -0.289 e. The molecular formula is C19H14Cl2F2N2O. The van der Waals surface area contributed by atoms with Gasteiger partial charge in [-0.2, -0.15) is 0 Å². The SMILES string of the molecule is Cc1c(F)c(N(Cc2c(F)cccc2Cl)C(=O)CCl)nc2ccccc12. The number of para-hydroxylation sites is 1. The summed E-state index contributed by atoms with van der Waals surface area (Å²) < 4.78 is 29.1. The number of amides is 1. The quantitative estimate of drug-likeness (QED) is 0.566. The van der Waals surface area contributed by atoms with Gasteiger partial charge in [0.25, 0.3) is 0 Å². The van der Waals surface area contributed by atoms with Crippen LogP contribution < -0.4 is 4.90 Å². The molecule has 0 aliphatic rings. The first-order valence-corrected chi connectivity index (χ1v) is 8.69. The summed E-state index contributed by atoms with van der Waals surface area (Å²) in [6.45, 7) is 1.32. The maximum absolute atomic E-state index is 15.0. The lowest BCUT2D eigenvalue weighted by Gasteiger charge is -2.23. The molecule has 0 N–H and O–H groups in total. The summed E-state index contributed by atoms with van der Waals surface area (Å²) in [4.78, 5) is 17.6. The van der Waals surface area contributed by atoms with E-state index in [4.69, 9.17) is 23.2 Å². The first-order valence-electron chi connectivity index (χ1n) is 7.78. The van der Waals surface area contributed by atoms with Gasteiger partial charge in [-0.05, 0) is 30.7 Å². The van der Waals surface area contributed by atoms with Crippen LogP contribution in [-0.4, -0.2) is 16.8 Å². The molecule has 3 rings (SSSR count). The van der Waals surface area contributed by atoms with E-state index in [1.165, 1.54) is 18.2 Å². The van der Waals surface area contributed by atoms with Crippen molar-refractivity contribution >= 4 is 45.8 Å². The fraction of sp³-hybridized carbons (Fsp3) is 0.158. The predicted molar refractivity (Wildman–Crippen MR) is 99.8 cm³/mol. The van der Waals surface area contributed by atoms with E-state index in [0.29, 0.717) is 16.5 Å². The van der Waals surface area contributed by atoms with Gasteiger partial charge in [-0.3, -0.25) is 9.69 Å². The van der Waals surface area contributed by atoms with Crippen LogP contribution in [0.3, 0.4) is 0 Å². The molecule has 1 aromatic heterocycles. The lowest BCUT2D eigenvalue weighted by molar-refractivity contribution is -0.116. The molecule has 3 nitrogen and oxygen atoms in total. The lowest BCUT2D eigenvalue weighted by Crippen LogP contribution is -2.33. The van der Waals surface area contributed by atoms with Crippen molar-refractivity contribution in [1.29, 1.82) is 0 Å². The Morgan fingerprint density at radius 1 is 1.15 bits per heavy atom. The van der Waals surface area contributed by atoms with Gasteiger partial charge in [-0.1, -0.05) is 35.9 Å². The average molecular weight is 395 g/mol. The van der Waals surface area contributed by atoms with Gasteiger partial charge in [0.1, 0.15) is 11.7 Å². The van der Waals surface area contributed by atoms with Gasteiger partial charge >= 0.3 is 0 Å². The van der Waals surface area contributed by atoms with E-state index < -0.39 is 23.4 Å². The largest absolute Gasteiger partial charge is 0.289 e. The smallest absolute Gasteiger partial charge is 0.243 e. The Bertz CT molecular complexity index is 974. The number of carbonyl (C=O) groups is 1. The van der Waals surface area contributed by atoms with Crippen molar-refractivity contribution in [2.24, 2.45) is 0 Å². The van der Waals surface area contributed by atoms with Crippen LogP contribution in [0, 0.1) is 18.6 Å². The van der Waals surface area contributed by atoms with Gasteiger partial charge in [0, 0.05) is 16.0 Å². The Balaban J connectivity index is 2.16. The predicted octanol–water partition coefficient (Wildman–Crippen LogP) is 5.25. The molecular weight excluding hydrogens is 381 g/mol. The van der Waals surface area contributed by atoms with Crippen molar-refractivity contribution in [3.8, 4) is 0 Å². The van der Waals surface area contributed by atoms with Crippen LogP contribution in [-0.2, 0) is 11.3 Å². The van der Waals surface area contributed by atoms with Gasteiger partial charge in [0.2, 0.25) is 5.91 Å². The van der Waals surface area contributed by atoms with Crippen molar-refractivity contribution < 1.29 is 13.6 Å². The molecule has 7 heteroatoms. The van der Waals surface area contributed by atoms with Crippen LogP contribution in [0.1, 0.15) is 11.1 Å². The topological polar surface area (TPSA) is 33.2 Å². The monoisotopic (exact) mass is 394 g/mol. The molecule has 26 heavy (non-hydrogen) atoms. The molecule has 3 aromatic rings. The van der Waals surface area contributed by atoms with Gasteiger partial charge in [-0.25, -0.2) is 13.8 Å². The summed E-state index contributed by atoms with van der Waals surface area (Å²) in [6.07, 6.45) is 0. The number of rotatable bonds is 4. The number of aryl methyl sites for hydroxylation is 1. The highest BCUT2D eigenvalue weighted by Gasteiger charge is 2.25. The van der Waals surface area contributed by atoms with Crippen LogP contribution in [0.5, 0.6) is 0 Å². The number of anilines is 1. The Labute approximate surface area is 159 Å². The normalized spacial score (nSPS) is 11.0. The Morgan fingerprint density at radius 2 is 1.88 bits per heavy atom. The Kier molecular flexibility index (Phi) is 5.39. The second-order valence-electron chi connectivity index (χ2n) is 5.71. The highest BCUT2D eigenvalue weighted by atomic mass is 35.5. The molecule has 1 amide bonds. The van der Waals surface area contributed by atoms with Crippen molar-refractivity contribution in [3.63, 3.8) is 0 Å². The van der Waals surface area contributed by atoms with Crippen molar-refractivity contribution in [2.75, 3.05) is 10.8 Å². The minimum absolute atomic E-state index is 0.0691. The highest BCUT2D eigenvalue weighted by Crippen LogP contribution is 2.30. The number of carbonyl (C=O) groups excluding carboxylic acids is 1. The van der Waals surface area contributed by atoms with Gasteiger partial charge in [-0.15, -0.1) is 11.6 Å². The zero-order chi connectivity index (χ0) is 18.8. The molecule has 0 saturated carbocycles. The third-order valence-electron chi connectivity index (χ3n) is 4.11. The molecule has 2 aromatic carbocycles. The van der Waals surface area contributed by atoms with Crippen LogP contribution in [0.4, 0.5) is 14.6 Å². The average Bonchev–Trinajstić information content (AvgIpc) is 2.64. The van der Waals surface area contributed by atoms with Crippen molar-refractivity contribution in [2.45, 2.75) is 13.5 Å². The third-order valence-corrected chi connectivity index (χ3v) is 4.69. The van der Waals surface area contributed by atoms with E-state index in [-0.39, 0.29) is 22.9 Å². The molecule has 1 heterocycles. The maximum Gasteiger partial charge on any atom is 0.243 e. The second kappa shape index (κ2) is 7.56. The fourth-order valence-electron chi connectivity index (χ4n) is 2.71. The molecule has 0 radical (unpaired) electrons. The summed E-state index contributed by atoms with van der Waals surface area (Å²) in [6, 6.07) is 11.2. The lowest BCUT2D eigenvalue weighted by atomic mass is 10.1. The molecule has 0 unspecified atom stereocenters. The van der Waals surface area contributed by atoms with Crippen molar-refractivity contribution in [3.05, 3.63) is 70.2 Å². The van der Waals surface area contributed by atoms with E-state index >= 15 is 0 Å². The summed E-state index contributed by atoms with van der Waals surface area (Å²) in [5, 5.41) is 0.770. The maximum atomic E-state index is 15.0. The summed E-state index contributed by atoms with van der Waals surface area (Å²) >= 11 is 11.7. The number of fused-ring (bicyclic) bond motifs is 1. The van der Waals surface area contributed by atoms with Crippen LogP contribution in [0.25, 0.3) is 10.9 Å². The minimum atomic E-state index is -0.658. The molecule has 0 aliphatic heterocycles. The van der Waals surface area contributed by atoms with Crippen LogP contribution >= 0.6 is 23.2 Å². The zero-order valence-corrected chi connectivity index (χ0v) is 15.3. The number of pyridine rings is 1. The number of alkyl halides is 1. The van der Waals surface area contributed by atoms with Crippen LogP contribution in [0.15, 0.2) is 42.5 Å². The summed E-state index contributed by atoms with van der Waals surface area (Å²) in [5.74, 6) is -2.46. The molecule has 0 atom stereocenters. The number of benzene rings is 2. The van der Waals surface area contributed by atoms with E-state index in [2.05, 4.69) is 4.98 Å². The number of nitrogens with zero attached hydrogens (tertiary/aromatic N) is 2. The highest BCUT2D eigenvalue weighted by molar-refractivity contribution is 6.31. The van der Waals surface area contributed by atoms with E-state index in [0.717, 1.165) is 4.90 Å². The third kappa shape index (κ3) is 3.37. The standard InChI is InChI=1S/C19H14Cl2F2N2O/c1-11-12-5-2-3-8-16(12)24-19(18(11)23)25(17(26)9-20)10-13-14(21)6-4-7-15(13)22/h2-8H,9-10H2,1H3. The summed E-state index contributed by atoms with van der Waals surface area (Å²) in [7, 11) is 0. The van der Waals surface area contributed by atoms with Gasteiger partial charge in [0.05, 0.1) is 12.1 Å². The number of hydrogen-bond acceptors (Lipinski definition) is 2. The van der Waals surface area contributed by atoms with E-state index in [1.54, 1.807) is 31.2 Å². The van der Waals surface area contributed by atoms with E-state index in [1.807, 2.05) is 0 Å². The zero-order valence-electron chi connectivity index (χ0n) is 13.8. The number of hydrogen-bond donors (Lipinski definition) is 0. The first kappa shape index (κ1) is 18.5. The molecule has 0 bridgehead atoms. The Hall–Kier alpha value is -2.24. The number of aromatic nitrogens is 1. The second-order valence-corrected chi connectivity index (χ2v) is 6.38. The van der Waals surface area contributed by atoms with Gasteiger partial charge in [0.15, 0.2) is 11.6 Å². The number of halogens is 4. The van der Waals surface area contributed by atoms with Crippen LogP contribution in [0.2, 0.25) is 5.02 Å². The molecule has 134 valence electrons. The fourth-order valence-corrected chi connectivity index (χ4v) is 3.08. The van der Waals surface area contributed by atoms with Gasteiger partial charge < -0.3 is 0 Å². The van der Waals surface area contributed by atoms with E-state index in [9.17, 15) is 13.6 Å². The molecule has 0 fully saturated rings. The Morgan fingerprint density at radius 3 is 2.58 bits per heavy atom. The van der Waals surface area contributed by atoms with Crippen molar-refractivity contribution in [1.82, 2.24) is 4.98 Å². The first-order chi connectivity index (χ1) is 12.4.